The van der Waals surface area contributed by atoms with Crippen molar-refractivity contribution in [3.8, 4) is 0 Å². The summed E-state index contributed by atoms with van der Waals surface area (Å²) in [4.78, 5) is 4.11. The lowest BCUT2D eigenvalue weighted by Gasteiger charge is -2.12. The smallest absolute Gasteiger partial charge is 0.388 e. The zero-order valence-corrected chi connectivity index (χ0v) is 9.48. The van der Waals surface area contributed by atoms with Crippen LogP contribution in [0.25, 0.3) is 10.9 Å². The molecule has 2 nitrogen and oxygen atoms in total. The van der Waals surface area contributed by atoms with Crippen LogP contribution in [0, 0.1) is 0 Å². The van der Waals surface area contributed by atoms with E-state index in [4.69, 9.17) is 0 Å². The number of alkyl halides is 3. The van der Waals surface area contributed by atoms with Gasteiger partial charge in [-0.15, -0.1) is 0 Å². The number of hydrogen-bond donors (Lipinski definition) is 1. The van der Waals surface area contributed by atoms with Gasteiger partial charge in [-0.05, 0) is 24.1 Å². The van der Waals surface area contributed by atoms with Gasteiger partial charge in [0, 0.05) is 18.0 Å². The zero-order valence-electron chi connectivity index (χ0n) is 9.48. The SMILES string of the molecule is OC(CCC(F)(F)F)c1cnc2ccccc2c1. The average molecular weight is 255 g/mol. The van der Waals surface area contributed by atoms with E-state index in [1.54, 1.807) is 12.1 Å². The molecule has 1 N–H and O–H groups in total. The maximum Gasteiger partial charge on any atom is 0.389 e. The number of halogens is 3. The second-order valence-electron chi connectivity index (χ2n) is 4.13. The molecule has 5 heteroatoms. The third-order valence-electron chi connectivity index (χ3n) is 2.70. The molecule has 1 atom stereocenters. The Bertz CT molecular complexity index is 539. The molecule has 0 saturated heterocycles. The number of nitrogens with zero attached hydrogens (tertiary/aromatic N) is 1. The van der Waals surface area contributed by atoms with Gasteiger partial charge in [0.15, 0.2) is 0 Å². The molecule has 1 heterocycles. The van der Waals surface area contributed by atoms with Crippen LogP contribution < -0.4 is 0 Å². The Hall–Kier alpha value is -1.62. The summed E-state index contributed by atoms with van der Waals surface area (Å²) in [6.45, 7) is 0. The van der Waals surface area contributed by atoms with Crippen molar-refractivity contribution in [1.29, 1.82) is 0 Å². The minimum absolute atomic E-state index is 0.344. The Kier molecular flexibility index (Phi) is 3.52. The second-order valence-corrected chi connectivity index (χ2v) is 4.13. The van der Waals surface area contributed by atoms with Gasteiger partial charge in [-0.2, -0.15) is 13.2 Å². The highest BCUT2D eigenvalue weighted by atomic mass is 19.4. The number of rotatable bonds is 3. The molecule has 1 aromatic carbocycles. The number of para-hydroxylation sites is 1. The summed E-state index contributed by atoms with van der Waals surface area (Å²) in [5.74, 6) is 0. The van der Waals surface area contributed by atoms with Crippen molar-refractivity contribution in [3.05, 3.63) is 42.1 Å². The van der Waals surface area contributed by atoms with E-state index >= 15 is 0 Å². The number of aliphatic hydroxyl groups excluding tert-OH is 1. The summed E-state index contributed by atoms with van der Waals surface area (Å²) in [7, 11) is 0. The summed E-state index contributed by atoms with van der Waals surface area (Å²) in [6.07, 6.45) is -5.30. The number of aromatic nitrogens is 1. The van der Waals surface area contributed by atoms with Gasteiger partial charge in [-0.25, -0.2) is 0 Å². The lowest BCUT2D eigenvalue weighted by molar-refractivity contribution is -0.140. The molecular formula is C13H12F3NO. The molecule has 2 aromatic rings. The van der Waals surface area contributed by atoms with E-state index in [-0.39, 0.29) is 6.42 Å². The average Bonchev–Trinajstić information content (AvgIpc) is 2.34. The van der Waals surface area contributed by atoms with Gasteiger partial charge in [0.25, 0.3) is 0 Å². The molecule has 0 spiro atoms. The highest BCUT2D eigenvalue weighted by Gasteiger charge is 2.28. The molecule has 0 radical (unpaired) electrons. The Morgan fingerprint density at radius 2 is 1.94 bits per heavy atom. The molecule has 2 rings (SSSR count). The van der Waals surface area contributed by atoms with E-state index in [1.807, 2.05) is 18.2 Å². The van der Waals surface area contributed by atoms with Gasteiger partial charge in [0.05, 0.1) is 11.6 Å². The van der Waals surface area contributed by atoms with E-state index in [1.165, 1.54) is 6.20 Å². The predicted octanol–water partition coefficient (Wildman–Crippen LogP) is 3.61. The second kappa shape index (κ2) is 4.94. The number of hydrogen-bond acceptors (Lipinski definition) is 2. The van der Waals surface area contributed by atoms with Crippen molar-refractivity contribution >= 4 is 10.9 Å². The van der Waals surface area contributed by atoms with Gasteiger partial charge in [-0.1, -0.05) is 18.2 Å². The van der Waals surface area contributed by atoms with Crippen molar-refractivity contribution < 1.29 is 18.3 Å². The predicted molar refractivity (Wildman–Crippen MR) is 62.0 cm³/mol. The third kappa shape index (κ3) is 3.20. The summed E-state index contributed by atoms with van der Waals surface area (Å²) in [5.41, 5.74) is 1.17. The standard InChI is InChI=1S/C13H12F3NO/c14-13(15,16)6-5-12(18)10-7-9-3-1-2-4-11(9)17-8-10/h1-4,7-8,12,18H,5-6H2. The highest BCUT2D eigenvalue weighted by Crippen LogP contribution is 2.28. The largest absolute Gasteiger partial charge is 0.389 e. The fourth-order valence-electron chi connectivity index (χ4n) is 1.74. The fraction of sp³-hybridized carbons (Fsp3) is 0.308. The summed E-state index contributed by atoms with van der Waals surface area (Å²) in [5, 5.41) is 10.5. The van der Waals surface area contributed by atoms with E-state index in [0.717, 1.165) is 10.9 Å². The van der Waals surface area contributed by atoms with Gasteiger partial charge in [0.2, 0.25) is 0 Å². The molecule has 1 aromatic heterocycles. The third-order valence-corrected chi connectivity index (χ3v) is 2.70. The minimum atomic E-state index is -4.24. The van der Waals surface area contributed by atoms with Crippen LogP contribution in [-0.2, 0) is 0 Å². The Balaban J connectivity index is 2.15. The molecule has 0 fully saturated rings. The van der Waals surface area contributed by atoms with Crippen LogP contribution in [0.1, 0.15) is 24.5 Å². The van der Waals surface area contributed by atoms with E-state index in [9.17, 15) is 18.3 Å². The maximum absolute atomic E-state index is 12.1. The van der Waals surface area contributed by atoms with Crippen molar-refractivity contribution in [2.24, 2.45) is 0 Å². The lowest BCUT2D eigenvalue weighted by atomic mass is 10.0. The lowest BCUT2D eigenvalue weighted by Crippen LogP contribution is -2.10. The van der Waals surface area contributed by atoms with E-state index in [2.05, 4.69) is 4.98 Å². The van der Waals surface area contributed by atoms with Gasteiger partial charge >= 0.3 is 6.18 Å². The Morgan fingerprint density at radius 3 is 2.67 bits per heavy atom. The number of pyridine rings is 1. The van der Waals surface area contributed by atoms with Crippen LogP contribution in [0.5, 0.6) is 0 Å². The summed E-state index contributed by atoms with van der Waals surface area (Å²) in [6, 6.07) is 8.93. The molecular weight excluding hydrogens is 243 g/mol. The van der Waals surface area contributed by atoms with Crippen molar-refractivity contribution in [2.75, 3.05) is 0 Å². The number of benzene rings is 1. The van der Waals surface area contributed by atoms with Crippen molar-refractivity contribution in [2.45, 2.75) is 25.1 Å². The van der Waals surface area contributed by atoms with Crippen molar-refractivity contribution in [3.63, 3.8) is 0 Å². The molecule has 0 bridgehead atoms. The molecule has 0 aliphatic rings. The van der Waals surface area contributed by atoms with Gasteiger partial charge in [-0.3, -0.25) is 4.98 Å². The normalized spacial score (nSPS) is 13.8. The topological polar surface area (TPSA) is 33.1 Å². The van der Waals surface area contributed by atoms with Crippen LogP contribution in [0.4, 0.5) is 13.2 Å². The van der Waals surface area contributed by atoms with E-state index < -0.39 is 18.7 Å². The van der Waals surface area contributed by atoms with Crippen LogP contribution in [0.2, 0.25) is 0 Å². The molecule has 0 saturated carbocycles. The Labute approximate surface area is 102 Å². The van der Waals surface area contributed by atoms with Crippen LogP contribution >= 0.6 is 0 Å². The van der Waals surface area contributed by atoms with E-state index in [0.29, 0.717) is 5.56 Å². The first kappa shape index (κ1) is 12.8. The monoisotopic (exact) mass is 255 g/mol. The fourth-order valence-corrected chi connectivity index (χ4v) is 1.74. The molecule has 0 aliphatic heterocycles. The van der Waals surface area contributed by atoms with Crippen LogP contribution in [0.3, 0.4) is 0 Å². The molecule has 1 unspecified atom stereocenters. The highest BCUT2D eigenvalue weighted by molar-refractivity contribution is 5.78. The maximum atomic E-state index is 12.1. The number of fused-ring (bicyclic) bond motifs is 1. The van der Waals surface area contributed by atoms with Gasteiger partial charge < -0.3 is 5.11 Å². The quantitative estimate of drug-likeness (QED) is 0.908. The van der Waals surface area contributed by atoms with Crippen LogP contribution in [-0.4, -0.2) is 16.3 Å². The number of aliphatic hydroxyl groups is 1. The van der Waals surface area contributed by atoms with Crippen molar-refractivity contribution in [1.82, 2.24) is 4.98 Å². The Morgan fingerprint density at radius 1 is 1.22 bits per heavy atom. The first-order chi connectivity index (χ1) is 8.46. The van der Waals surface area contributed by atoms with Crippen LogP contribution in [0.15, 0.2) is 36.5 Å². The molecule has 18 heavy (non-hydrogen) atoms. The minimum Gasteiger partial charge on any atom is -0.388 e. The summed E-state index contributed by atoms with van der Waals surface area (Å²) >= 11 is 0. The zero-order chi connectivity index (χ0) is 13.2. The summed E-state index contributed by atoms with van der Waals surface area (Å²) < 4.78 is 36.2. The molecule has 0 amide bonds. The molecule has 96 valence electrons. The first-order valence-corrected chi connectivity index (χ1v) is 5.55. The first-order valence-electron chi connectivity index (χ1n) is 5.55. The molecule has 0 aliphatic carbocycles. The van der Waals surface area contributed by atoms with Gasteiger partial charge in [0.1, 0.15) is 0 Å².